The van der Waals surface area contributed by atoms with Gasteiger partial charge in [0.15, 0.2) is 10.6 Å². The maximum Gasteiger partial charge on any atom is 0.328 e. The molecule has 0 aliphatic heterocycles. The highest BCUT2D eigenvalue weighted by Gasteiger charge is 2.21. The van der Waals surface area contributed by atoms with Crippen molar-refractivity contribution in [3.05, 3.63) is 24.3 Å². The van der Waals surface area contributed by atoms with Crippen LogP contribution in [0.1, 0.15) is 194 Å². The molecule has 2 atom stereocenters. The van der Waals surface area contributed by atoms with Gasteiger partial charge in [-0.3, -0.25) is 8.37 Å². The summed E-state index contributed by atoms with van der Waals surface area (Å²) in [6.07, 6.45) is 44.0. The first kappa shape index (κ1) is 54.9. The quantitative estimate of drug-likeness (QED) is 0.0314. The number of allylic oxidation sites excluding steroid dienone is 4. The molecule has 3 N–H and O–H groups in total. The van der Waals surface area contributed by atoms with E-state index in [1.165, 1.54) is 154 Å². The van der Waals surface area contributed by atoms with Crippen LogP contribution in [0.4, 0.5) is 0 Å². The molecular weight excluding hydrogens is 736 g/mol. The summed E-state index contributed by atoms with van der Waals surface area (Å²) < 4.78 is 33.7. The van der Waals surface area contributed by atoms with E-state index in [0.29, 0.717) is 26.4 Å². The first-order chi connectivity index (χ1) is 26.9. The van der Waals surface area contributed by atoms with Crippen LogP contribution in [0, 0.1) is 0 Å². The maximum absolute atomic E-state index is 9.96. The van der Waals surface area contributed by atoms with Crippen LogP contribution in [0.15, 0.2) is 24.3 Å². The highest BCUT2D eigenvalue weighted by atomic mass is 32.5. The Morgan fingerprint density at radius 2 is 0.709 bits per heavy atom. The van der Waals surface area contributed by atoms with E-state index in [4.69, 9.17) is 27.3 Å². The Morgan fingerprint density at radius 3 is 1.00 bits per heavy atom. The Kier molecular flexibility index (Phi) is 43.4. The van der Waals surface area contributed by atoms with Crippen molar-refractivity contribution in [1.82, 2.24) is 0 Å². The number of hydrogen-bond donors (Lipinski definition) is 3. The SMILES string of the molecule is CCCCCCCC/C=C\CCCCCCCCOCC(COS(OCC(COCCCCCCCC/C=C\CCCCCCCC)OC)=P(O)(O)O)OC. The van der Waals surface area contributed by atoms with Crippen molar-refractivity contribution in [2.24, 2.45) is 0 Å². The molecule has 0 saturated heterocycles. The normalized spacial score (nSPS) is 14.1. The van der Waals surface area contributed by atoms with E-state index in [9.17, 15) is 14.7 Å². The molecule has 0 aliphatic carbocycles. The second-order valence-electron chi connectivity index (χ2n) is 15.0. The van der Waals surface area contributed by atoms with E-state index < -0.39 is 29.6 Å². The van der Waals surface area contributed by atoms with Gasteiger partial charge < -0.3 is 33.6 Å². The average molecular weight is 825 g/mol. The Labute approximate surface area is 342 Å². The summed E-state index contributed by atoms with van der Waals surface area (Å²) in [4.78, 5) is 29.9. The van der Waals surface area contributed by atoms with Crippen LogP contribution in [0.5, 0.6) is 0 Å². The number of ether oxygens (including phenoxy) is 4. The Bertz CT molecular complexity index is 830. The third-order valence-corrected chi connectivity index (χ3v) is 12.7. The first-order valence-corrected chi connectivity index (χ1v) is 25.8. The minimum atomic E-state index is -4.41. The molecule has 9 nitrogen and oxygen atoms in total. The van der Waals surface area contributed by atoms with Gasteiger partial charge in [-0.2, -0.15) is 0 Å². The van der Waals surface area contributed by atoms with Gasteiger partial charge in [-0.05, 0) is 64.2 Å². The molecule has 0 heterocycles. The van der Waals surface area contributed by atoms with Crippen molar-refractivity contribution in [2.45, 2.75) is 206 Å². The number of unbranched alkanes of at least 4 members (excludes halogenated alkanes) is 24. The minimum absolute atomic E-state index is 0.0133. The lowest BCUT2D eigenvalue weighted by Gasteiger charge is -2.21. The number of rotatable bonds is 44. The summed E-state index contributed by atoms with van der Waals surface area (Å²) in [7, 11) is 1.17. The maximum atomic E-state index is 9.96. The highest BCUT2D eigenvalue weighted by molar-refractivity contribution is 8.22. The summed E-state index contributed by atoms with van der Waals surface area (Å²) in [5.74, 6) is 0. The lowest BCUT2D eigenvalue weighted by atomic mass is 10.1. The third kappa shape index (κ3) is 40.5. The Morgan fingerprint density at radius 1 is 0.418 bits per heavy atom. The van der Waals surface area contributed by atoms with Gasteiger partial charge in [0.1, 0.15) is 12.2 Å². The zero-order valence-electron chi connectivity index (χ0n) is 36.2. The van der Waals surface area contributed by atoms with Gasteiger partial charge in [0.2, 0.25) is 0 Å². The van der Waals surface area contributed by atoms with Gasteiger partial charge >= 0.3 is 6.72 Å². The zero-order chi connectivity index (χ0) is 40.3. The van der Waals surface area contributed by atoms with Crippen molar-refractivity contribution in [2.75, 3.05) is 53.9 Å². The molecule has 330 valence electrons. The molecule has 0 aromatic rings. The summed E-state index contributed by atoms with van der Waals surface area (Å²) in [5.41, 5.74) is 0. The zero-order valence-corrected chi connectivity index (χ0v) is 37.9. The molecular formula is C44H89O9PS. The van der Waals surface area contributed by atoms with Crippen LogP contribution < -0.4 is 0 Å². The lowest BCUT2D eigenvalue weighted by molar-refractivity contribution is -0.0218. The van der Waals surface area contributed by atoms with Gasteiger partial charge in [-0.1, -0.05) is 154 Å². The van der Waals surface area contributed by atoms with Crippen molar-refractivity contribution >= 4 is 17.4 Å². The molecule has 0 spiro atoms. The predicted molar refractivity (Wildman–Crippen MR) is 235 cm³/mol. The molecule has 2 unspecified atom stereocenters. The topological polar surface area (TPSA) is 116 Å². The lowest BCUT2D eigenvalue weighted by Crippen LogP contribution is -2.28. The molecule has 0 amide bonds. The monoisotopic (exact) mass is 825 g/mol. The number of hydrogen-bond acceptors (Lipinski definition) is 6. The Hall–Kier alpha value is -0.100. The van der Waals surface area contributed by atoms with Gasteiger partial charge in [0, 0.05) is 27.4 Å². The largest absolute Gasteiger partial charge is 0.379 e. The van der Waals surface area contributed by atoms with Crippen molar-refractivity contribution in [3.8, 4) is 0 Å². The molecule has 55 heavy (non-hydrogen) atoms. The minimum Gasteiger partial charge on any atom is -0.379 e. The summed E-state index contributed by atoms with van der Waals surface area (Å²) in [5, 5.41) is 0. The average Bonchev–Trinajstić information content (AvgIpc) is 3.17. The van der Waals surface area contributed by atoms with E-state index in [2.05, 4.69) is 38.2 Å². The molecule has 0 bridgehead atoms. The van der Waals surface area contributed by atoms with Crippen molar-refractivity contribution < 1.29 is 42.0 Å². The summed E-state index contributed by atoms with van der Waals surface area (Å²) in [6.45, 7) is 1.97. The molecule has 0 rings (SSSR count). The smallest absolute Gasteiger partial charge is 0.328 e. The van der Waals surface area contributed by atoms with E-state index in [1.807, 2.05) is 0 Å². The van der Waals surface area contributed by atoms with Crippen LogP contribution in [0.3, 0.4) is 0 Å². The molecule has 0 aromatic carbocycles. The van der Waals surface area contributed by atoms with Crippen LogP contribution in [0.2, 0.25) is 0 Å². The second-order valence-corrected chi connectivity index (χ2v) is 19.3. The van der Waals surface area contributed by atoms with Crippen LogP contribution in [-0.4, -0.2) is 80.7 Å². The third-order valence-electron chi connectivity index (χ3n) is 9.78. The van der Waals surface area contributed by atoms with E-state index in [0.717, 1.165) is 25.7 Å². The van der Waals surface area contributed by atoms with Crippen LogP contribution >= 0.6 is 6.72 Å². The summed E-state index contributed by atoms with van der Waals surface area (Å²) in [6, 6.07) is 0. The van der Waals surface area contributed by atoms with Crippen LogP contribution in [-0.2, 0) is 37.9 Å². The Balaban J connectivity index is 3.92. The second kappa shape index (κ2) is 43.5. The predicted octanol–water partition coefficient (Wildman–Crippen LogP) is 12.3. The fraction of sp³-hybridized carbons (Fsp3) is 0.909. The van der Waals surface area contributed by atoms with E-state index >= 15 is 0 Å². The highest BCUT2D eigenvalue weighted by Crippen LogP contribution is 2.37. The summed E-state index contributed by atoms with van der Waals surface area (Å²) >= 11 is 0. The van der Waals surface area contributed by atoms with Gasteiger partial charge in [0.05, 0.1) is 26.4 Å². The fourth-order valence-electron chi connectivity index (χ4n) is 6.14. The molecule has 0 saturated carbocycles. The fourth-order valence-corrected chi connectivity index (χ4v) is 8.25. The van der Waals surface area contributed by atoms with E-state index in [1.54, 1.807) is 14.2 Å². The van der Waals surface area contributed by atoms with Crippen molar-refractivity contribution in [1.29, 1.82) is 0 Å². The standard InChI is InChI=1S/C44H89O9PS/c1-5-7-9-11-13-15-17-19-21-23-25-27-29-31-33-35-37-50-39-43(48-3)41-52-55(54(45,46)47)53-42-44(49-4)40-51-38-36-34-32-30-28-26-24-22-20-18-16-14-12-10-8-6-2/h19-22,43-47H,5-18,23-42H2,1-4H3/b21-19-,22-20-. The molecule has 0 aromatic heterocycles. The van der Waals surface area contributed by atoms with E-state index in [-0.39, 0.29) is 13.2 Å². The number of methoxy groups -OCH3 is 2. The molecule has 0 aliphatic rings. The molecule has 0 fully saturated rings. The van der Waals surface area contributed by atoms with Gasteiger partial charge in [-0.15, -0.1) is 0 Å². The first-order valence-electron chi connectivity index (χ1n) is 22.5. The van der Waals surface area contributed by atoms with Crippen molar-refractivity contribution in [3.63, 3.8) is 0 Å². The van der Waals surface area contributed by atoms with Crippen LogP contribution in [0.25, 0.3) is 0 Å². The molecule has 0 radical (unpaired) electrons. The van der Waals surface area contributed by atoms with Gasteiger partial charge in [-0.25, -0.2) is 0 Å². The van der Waals surface area contributed by atoms with Gasteiger partial charge in [0.25, 0.3) is 0 Å². The molecule has 11 heteroatoms.